The Hall–Kier alpha value is -1.53. The number of oxazole rings is 1. The summed E-state index contributed by atoms with van der Waals surface area (Å²) in [5.74, 6) is -2.55. The van der Waals surface area contributed by atoms with Crippen molar-refractivity contribution in [3.05, 3.63) is 17.8 Å². The van der Waals surface area contributed by atoms with Gasteiger partial charge in [0.1, 0.15) is 0 Å². The number of carbonyl (C=O) groups excluding carboxylic acids is 1. The summed E-state index contributed by atoms with van der Waals surface area (Å²) in [5, 5.41) is 0. The number of hydrogen-bond acceptors (Lipinski definition) is 4. The van der Waals surface area contributed by atoms with Crippen LogP contribution in [-0.2, 0) is 4.94 Å². The minimum Gasteiger partial charge on any atom is -0.436 e. The van der Waals surface area contributed by atoms with E-state index in [1.807, 2.05) is 13.8 Å². The van der Waals surface area contributed by atoms with Crippen molar-refractivity contribution < 1.29 is 27.5 Å². The lowest BCUT2D eigenvalue weighted by Crippen LogP contribution is -2.01. The van der Waals surface area contributed by atoms with Crippen molar-refractivity contribution in [1.29, 1.82) is 0 Å². The molecule has 0 unspecified atom stereocenters. The minimum absolute atomic E-state index is 0.605. The van der Waals surface area contributed by atoms with Gasteiger partial charge < -0.3 is 4.42 Å². The zero-order chi connectivity index (χ0) is 11.1. The van der Waals surface area contributed by atoms with Gasteiger partial charge in [-0.3, -0.25) is 0 Å². The summed E-state index contributed by atoms with van der Waals surface area (Å²) in [6.07, 6.45) is -2.40. The predicted octanol–water partition coefficient (Wildman–Crippen LogP) is 2.68. The highest BCUT2D eigenvalue weighted by Crippen LogP contribution is 2.21. The van der Waals surface area contributed by atoms with Crippen LogP contribution in [0.3, 0.4) is 0 Å². The van der Waals surface area contributed by atoms with Crippen LogP contribution in [0.15, 0.2) is 10.8 Å². The highest BCUT2D eigenvalue weighted by Gasteiger charge is 2.25. The van der Waals surface area contributed by atoms with Crippen molar-refractivity contribution in [1.82, 2.24) is 4.98 Å². The molecule has 0 aliphatic heterocycles. The van der Waals surface area contributed by atoms with Gasteiger partial charge >= 0.3 is 5.97 Å². The number of aromatic nitrogens is 1. The van der Waals surface area contributed by atoms with E-state index in [-0.39, 0.29) is 0 Å². The molecular weight excluding hydrogens is 203 g/mol. The second-order valence-corrected chi connectivity index (χ2v) is 1.73. The van der Waals surface area contributed by atoms with Gasteiger partial charge in [0.2, 0.25) is 5.76 Å². The number of hydrogen-bond donors (Lipinski definition) is 0. The summed E-state index contributed by atoms with van der Waals surface area (Å²) in [6, 6.07) is 0. The van der Waals surface area contributed by atoms with Gasteiger partial charge in [-0.15, -0.1) is 0 Å². The number of nitrogens with zero attached hydrogens (tertiary/aromatic N) is 1. The predicted molar refractivity (Wildman–Crippen MR) is 39.3 cm³/mol. The molecule has 1 aromatic rings. The molecule has 0 aliphatic rings. The van der Waals surface area contributed by atoms with Gasteiger partial charge in [-0.25, -0.2) is 23.5 Å². The first kappa shape index (κ1) is 12.5. The van der Waals surface area contributed by atoms with E-state index in [2.05, 4.69) is 14.3 Å². The van der Waals surface area contributed by atoms with E-state index >= 15 is 0 Å². The molecule has 0 N–H and O–H groups in total. The average Bonchev–Trinajstić information content (AvgIpc) is 2.68. The maximum absolute atomic E-state index is 11.9. The van der Waals surface area contributed by atoms with Crippen LogP contribution in [0.4, 0.5) is 13.3 Å². The maximum Gasteiger partial charge on any atom is 0.416 e. The molecule has 0 saturated carbocycles. The van der Waals surface area contributed by atoms with Crippen LogP contribution in [0, 0.1) is 0 Å². The monoisotopic (exact) mass is 211 g/mol. The fourth-order valence-electron chi connectivity index (χ4n) is 0.598. The van der Waals surface area contributed by atoms with Crippen molar-refractivity contribution in [3.8, 4) is 0 Å². The Morgan fingerprint density at radius 3 is 2.57 bits per heavy atom. The largest absolute Gasteiger partial charge is 0.436 e. The van der Waals surface area contributed by atoms with Crippen LogP contribution in [0.1, 0.15) is 36.5 Å². The summed E-state index contributed by atoms with van der Waals surface area (Å²) < 4.78 is 39.2. The fraction of sp³-hybridized carbons (Fsp3) is 0.429. The van der Waals surface area contributed by atoms with Crippen molar-refractivity contribution >= 4 is 5.97 Å². The van der Waals surface area contributed by atoms with Gasteiger partial charge in [0.15, 0.2) is 12.1 Å². The van der Waals surface area contributed by atoms with Crippen LogP contribution >= 0.6 is 0 Å². The van der Waals surface area contributed by atoms with Crippen LogP contribution in [0.2, 0.25) is 0 Å². The molecule has 0 aromatic carbocycles. The molecule has 14 heavy (non-hydrogen) atoms. The third-order valence-electron chi connectivity index (χ3n) is 1.06. The second-order valence-electron chi connectivity index (χ2n) is 1.73. The lowest BCUT2D eigenvalue weighted by Gasteiger charge is -1.93. The van der Waals surface area contributed by atoms with E-state index in [4.69, 9.17) is 0 Å². The zero-order valence-electron chi connectivity index (χ0n) is 7.46. The summed E-state index contributed by atoms with van der Waals surface area (Å²) in [5.41, 5.74) is -0.933. The van der Waals surface area contributed by atoms with Gasteiger partial charge in [0.05, 0.1) is 0 Å². The van der Waals surface area contributed by atoms with Crippen molar-refractivity contribution in [2.45, 2.75) is 20.3 Å². The Kier molecular flexibility index (Phi) is 5.35. The van der Waals surface area contributed by atoms with E-state index < -0.39 is 23.8 Å². The molecule has 1 heterocycles. The Morgan fingerprint density at radius 1 is 1.57 bits per heavy atom. The molecule has 1 rings (SSSR count). The van der Waals surface area contributed by atoms with Gasteiger partial charge in [-0.2, -0.15) is 0 Å². The van der Waals surface area contributed by atoms with Crippen LogP contribution in [0.25, 0.3) is 0 Å². The van der Waals surface area contributed by atoms with Crippen LogP contribution in [-0.4, -0.2) is 11.0 Å². The SMILES string of the molecule is CC.O=C(OF)c1ocnc1C(F)F. The zero-order valence-corrected chi connectivity index (χ0v) is 7.46. The minimum atomic E-state index is -3.00. The number of halogens is 3. The van der Waals surface area contributed by atoms with Crippen LogP contribution in [0.5, 0.6) is 0 Å². The van der Waals surface area contributed by atoms with Gasteiger partial charge in [-0.05, 0) is 0 Å². The van der Waals surface area contributed by atoms with Crippen LogP contribution < -0.4 is 0 Å². The second kappa shape index (κ2) is 6.01. The third-order valence-corrected chi connectivity index (χ3v) is 1.06. The summed E-state index contributed by atoms with van der Waals surface area (Å²) in [4.78, 5) is 16.0. The quantitative estimate of drug-likeness (QED) is 0.754. The summed E-state index contributed by atoms with van der Waals surface area (Å²) in [7, 11) is 0. The Bertz CT molecular complexity index is 287. The van der Waals surface area contributed by atoms with Gasteiger partial charge in [0.25, 0.3) is 6.43 Å². The van der Waals surface area contributed by atoms with E-state index in [1.165, 1.54) is 0 Å². The van der Waals surface area contributed by atoms with E-state index in [9.17, 15) is 18.1 Å². The van der Waals surface area contributed by atoms with Gasteiger partial charge in [0, 0.05) is 4.53 Å². The molecule has 0 fully saturated rings. The molecule has 1 aromatic heterocycles. The Labute approximate surface area is 77.6 Å². The van der Waals surface area contributed by atoms with E-state index in [0.717, 1.165) is 0 Å². The lowest BCUT2D eigenvalue weighted by atomic mass is 10.3. The van der Waals surface area contributed by atoms with E-state index in [0.29, 0.717) is 6.39 Å². The molecule has 0 bridgehead atoms. The van der Waals surface area contributed by atoms with E-state index in [1.54, 1.807) is 0 Å². The Balaban J connectivity index is 0.000000791. The maximum atomic E-state index is 11.9. The molecular formula is C7H8F3NO3. The smallest absolute Gasteiger partial charge is 0.416 e. The standard InChI is InChI=1S/C5H2F3NO3.C2H6/c6-4(7)2-3(5(10)12-8)11-1-9-2;1-2/h1,4H;1-2H3. The summed E-state index contributed by atoms with van der Waals surface area (Å²) in [6.45, 7) is 4.00. The molecule has 0 spiro atoms. The average molecular weight is 211 g/mol. The molecule has 0 saturated heterocycles. The van der Waals surface area contributed by atoms with Crippen molar-refractivity contribution in [2.24, 2.45) is 0 Å². The molecule has 80 valence electrons. The summed E-state index contributed by atoms with van der Waals surface area (Å²) >= 11 is 0. The number of alkyl halides is 2. The highest BCUT2D eigenvalue weighted by molar-refractivity contribution is 5.86. The highest BCUT2D eigenvalue weighted by atomic mass is 19.3. The normalized spacial score (nSPS) is 9.29. The molecule has 0 amide bonds. The first-order valence-corrected chi connectivity index (χ1v) is 3.71. The van der Waals surface area contributed by atoms with Gasteiger partial charge in [-0.1, -0.05) is 13.8 Å². The topological polar surface area (TPSA) is 52.3 Å². The molecule has 0 radical (unpaired) electrons. The molecule has 0 aliphatic carbocycles. The molecule has 7 heteroatoms. The first-order chi connectivity index (χ1) is 6.66. The number of rotatable bonds is 2. The third kappa shape index (κ3) is 2.75. The number of carbonyl (C=O) groups is 1. The molecule has 4 nitrogen and oxygen atoms in total. The first-order valence-electron chi connectivity index (χ1n) is 3.71. The van der Waals surface area contributed by atoms with Crippen molar-refractivity contribution in [3.63, 3.8) is 0 Å². The van der Waals surface area contributed by atoms with Crippen molar-refractivity contribution in [2.75, 3.05) is 0 Å². The molecule has 0 atom stereocenters. The fourth-order valence-corrected chi connectivity index (χ4v) is 0.598. The Morgan fingerprint density at radius 2 is 2.14 bits per heavy atom. The lowest BCUT2D eigenvalue weighted by molar-refractivity contribution is -0.0816.